The van der Waals surface area contributed by atoms with Gasteiger partial charge in [-0.3, -0.25) is 4.72 Å². The van der Waals surface area contributed by atoms with Crippen molar-refractivity contribution < 1.29 is 17.2 Å². The first kappa shape index (κ1) is 14.7. The van der Waals surface area contributed by atoms with Crippen molar-refractivity contribution in [2.45, 2.75) is 4.90 Å². The van der Waals surface area contributed by atoms with E-state index in [1.54, 1.807) is 0 Å². The molecule has 0 aliphatic rings. The maximum atomic E-state index is 13.6. The van der Waals surface area contributed by atoms with Crippen molar-refractivity contribution in [2.24, 2.45) is 0 Å². The summed E-state index contributed by atoms with van der Waals surface area (Å²) in [5, 5.41) is 0. The molecule has 0 bridgehead atoms. The van der Waals surface area contributed by atoms with Crippen LogP contribution >= 0.6 is 15.9 Å². The van der Waals surface area contributed by atoms with E-state index >= 15 is 0 Å². The number of rotatable bonds is 3. The second-order valence-electron chi connectivity index (χ2n) is 3.77. The number of nitrogens with two attached hydrogens (primary N) is 1. The second-order valence-corrected chi connectivity index (χ2v) is 6.31. The number of benzene rings is 1. The first-order valence-corrected chi connectivity index (χ1v) is 7.46. The van der Waals surface area contributed by atoms with Crippen molar-refractivity contribution in [1.29, 1.82) is 0 Å². The highest BCUT2D eigenvalue weighted by atomic mass is 79.9. The summed E-state index contributed by atoms with van der Waals surface area (Å²) in [5.41, 5.74) is 4.97. The molecule has 5 nitrogen and oxygen atoms in total. The fraction of sp³-hybridized carbons (Fsp3) is 0. The monoisotopic (exact) mass is 363 g/mol. The zero-order valence-electron chi connectivity index (χ0n) is 9.77. The average Bonchev–Trinajstić information content (AvgIpc) is 2.34. The SMILES string of the molecule is Nc1ccc(S(=O)(=O)Nc2c(F)cc(F)cc2Br)cn1. The number of halogens is 3. The quantitative estimate of drug-likeness (QED) is 0.877. The van der Waals surface area contributed by atoms with E-state index in [-0.39, 0.29) is 20.9 Å². The van der Waals surface area contributed by atoms with Crippen molar-refractivity contribution in [1.82, 2.24) is 4.98 Å². The standard InChI is InChI=1S/C11H8BrF2N3O2S/c12-8-3-6(13)4-9(14)11(8)17-20(18,19)7-1-2-10(15)16-5-7/h1-5,17H,(H2,15,16). The van der Waals surface area contributed by atoms with E-state index < -0.39 is 21.7 Å². The lowest BCUT2D eigenvalue weighted by molar-refractivity contribution is 0.581. The smallest absolute Gasteiger partial charge is 0.263 e. The van der Waals surface area contributed by atoms with E-state index in [1.165, 1.54) is 12.1 Å². The molecule has 0 amide bonds. The molecule has 0 fully saturated rings. The molecule has 2 rings (SSSR count). The fourth-order valence-corrected chi connectivity index (χ4v) is 3.05. The van der Waals surface area contributed by atoms with Crippen LogP contribution in [0.25, 0.3) is 0 Å². The van der Waals surface area contributed by atoms with Gasteiger partial charge < -0.3 is 5.73 Å². The molecule has 1 heterocycles. The Morgan fingerprint density at radius 3 is 2.50 bits per heavy atom. The predicted octanol–water partition coefficient (Wildman–Crippen LogP) is 2.51. The number of hydrogen-bond acceptors (Lipinski definition) is 4. The third-order valence-electron chi connectivity index (χ3n) is 2.31. The van der Waals surface area contributed by atoms with Crippen molar-refractivity contribution in [3.05, 3.63) is 46.6 Å². The van der Waals surface area contributed by atoms with E-state index in [2.05, 4.69) is 20.9 Å². The van der Waals surface area contributed by atoms with Gasteiger partial charge in [0.25, 0.3) is 10.0 Å². The van der Waals surface area contributed by atoms with Crippen molar-refractivity contribution >= 4 is 37.5 Å². The van der Waals surface area contributed by atoms with Gasteiger partial charge >= 0.3 is 0 Å². The van der Waals surface area contributed by atoms with Gasteiger partial charge in [-0.25, -0.2) is 22.2 Å². The number of nitrogen functional groups attached to an aromatic ring is 1. The van der Waals surface area contributed by atoms with Crippen LogP contribution in [0.4, 0.5) is 20.3 Å². The molecule has 106 valence electrons. The zero-order chi connectivity index (χ0) is 14.9. The van der Waals surface area contributed by atoms with Gasteiger partial charge in [-0.15, -0.1) is 0 Å². The lowest BCUT2D eigenvalue weighted by Crippen LogP contribution is -2.15. The maximum absolute atomic E-state index is 13.6. The summed E-state index contributed by atoms with van der Waals surface area (Å²) in [7, 11) is -4.05. The number of nitrogens with one attached hydrogen (secondary N) is 1. The summed E-state index contributed by atoms with van der Waals surface area (Å²) in [4.78, 5) is 3.45. The van der Waals surface area contributed by atoms with Crippen LogP contribution in [0.1, 0.15) is 0 Å². The van der Waals surface area contributed by atoms with Crippen LogP contribution in [0.3, 0.4) is 0 Å². The van der Waals surface area contributed by atoms with Gasteiger partial charge in [-0.2, -0.15) is 0 Å². The summed E-state index contributed by atoms with van der Waals surface area (Å²) in [5.74, 6) is -1.71. The van der Waals surface area contributed by atoms with Gasteiger partial charge in [0, 0.05) is 16.7 Å². The molecular formula is C11H8BrF2N3O2S. The molecule has 0 atom stereocenters. The maximum Gasteiger partial charge on any atom is 0.263 e. The Balaban J connectivity index is 2.41. The molecule has 9 heteroatoms. The van der Waals surface area contributed by atoms with E-state index in [0.717, 1.165) is 12.3 Å². The fourth-order valence-electron chi connectivity index (χ4n) is 1.38. The van der Waals surface area contributed by atoms with Crippen LogP contribution < -0.4 is 10.5 Å². The Labute approximate surface area is 122 Å². The number of hydrogen-bond donors (Lipinski definition) is 2. The van der Waals surface area contributed by atoms with Crippen molar-refractivity contribution in [3.63, 3.8) is 0 Å². The Hall–Kier alpha value is -1.74. The molecule has 1 aromatic carbocycles. The topological polar surface area (TPSA) is 85.1 Å². The van der Waals surface area contributed by atoms with Gasteiger partial charge in [0.15, 0.2) is 5.82 Å². The minimum atomic E-state index is -4.05. The van der Waals surface area contributed by atoms with Gasteiger partial charge in [-0.1, -0.05) is 0 Å². The van der Waals surface area contributed by atoms with Gasteiger partial charge in [0.1, 0.15) is 16.5 Å². The molecule has 1 aromatic heterocycles. The first-order valence-electron chi connectivity index (χ1n) is 5.18. The van der Waals surface area contributed by atoms with Crippen molar-refractivity contribution in [2.75, 3.05) is 10.5 Å². The molecule has 0 saturated heterocycles. The lowest BCUT2D eigenvalue weighted by Gasteiger charge is -2.10. The minimum absolute atomic E-state index is 0.0537. The number of nitrogens with zero attached hydrogens (tertiary/aromatic N) is 1. The van der Waals surface area contributed by atoms with Gasteiger partial charge in [0.05, 0.1) is 5.69 Å². The number of pyridine rings is 1. The summed E-state index contributed by atoms with van der Waals surface area (Å²) in [6.45, 7) is 0. The second kappa shape index (κ2) is 5.33. The number of anilines is 2. The molecule has 0 radical (unpaired) electrons. The largest absolute Gasteiger partial charge is 0.384 e. The van der Waals surface area contributed by atoms with Crippen LogP contribution in [0.15, 0.2) is 39.8 Å². The molecule has 20 heavy (non-hydrogen) atoms. The van der Waals surface area contributed by atoms with Crippen LogP contribution in [-0.4, -0.2) is 13.4 Å². The zero-order valence-corrected chi connectivity index (χ0v) is 12.2. The number of aromatic nitrogens is 1. The number of sulfonamides is 1. The lowest BCUT2D eigenvalue weighted by atomic mass is 10.3. The van der Waals surface area contributed by atoms with Crippen molar-refractivity contribution in [3.8, 4) is 0 Å². The molecule has 0 spiro atoms. The van der Waals surface area contributed by atoms with E-state index in [1.807, 2.05) is 4.72 Å². The van der Waals surface area contributed by atoms with E-state index in [9.17, 15) is 17.2 Å². The molecular weight excluding hydrogens is 356 g/mol. The van der Waals surface area contributed by atoms with E-state index in [0.29, 0.717) is 6.07 Å². The van der Waals surface area contributed by atoms with Gasteiger partial charge in [-0.05, 0) is 34.1 Å². The van der Waals surface area contributed by atoms with Crippen LogP contribution in [0.5, 0.6) is 0 Å². The third kappa shape index (κ3) is 3.05. The van der Waals surface area contributed by atoms with E-state index in [4.69, 9.17) is 5.73 Å². The highest BCUT2D eigenvalue weighted by molar-refractivity contribution is 9.10. The van der Waals surface area contributed by atoms with Gasteiger partial charge in [0.2, 0.25) is 0 Å². The Bertz CT molecular complexity index is 728. The average molecular weight is 364 g/mol. The summed E-state index contributed by atoms with van der Waals surface area (Å²) >= 11 is 2.89. The molecule has 0 aliphatic heterocycles. The van der Waals surface area contributed by atoms with Crippen LogP contribution in [-0.2, 0) is 10.0 Å². The molecule has 3 N–H and O–H groups in total. The summed E-state index contributed by atoms with van der Waals surface area (Å²) < 4.78 is 52.6. The third-order valence-corrected chi connectivity index (χ3v) is 4.27. The normalized spacial score (nSPS) is 11.3. The van der Waals surface area contributed by atoms with Crippen LogP contribution in [0, 0.1) is 11.6 Å². The first-order chi connectivity index (χ1) is 9.29. The predicted molar refractivity (Wildman–Crippen MR) is 73.5 cm³/mol. The minimum Gasteiger partial charge on any atom is -0.384 e. The Morgan fingerprint density at radius 1 is 1.25 bits per heavy atom. The summed E-state index contributed by atoms with van der Waals surface area (Å²) in [6.07, 6.45) is 1.03. The molecule has 0 aliphatic carbocycles. The highest BCUT2D eigenvalue weighted by Crippen LogP contribution is 2.29. The Kier molecular flexibility index (Phi) is 3.91. The molecule has 0 unspecified atom stereocenters. The molecule has 0 saturated carbocycles. The Morgan fingerprint density at radius 2 is 1.95 bits per heavy atom. The van der Waals surface area contributed by atoms with Crippen LogP contribution in [0.2, 0.25) is 0 Å². The summed E-state index contributed by atoms with van der Waals surface area (Å²) in [6, 6.07) is 4.04. The molecule has 2 aromatic rings. The highest BCUT2D eigenvalue weighted by Gasteiger charge is 2.19.